The van der Waals surface area contributed by atoms with Gasteiger partial charge >= 0.3 is 0 Å². The van der Waals surface area contributed by atoms with Gasteiger partial charge in [0.1, 0.15) is 18.2 Å². The van der Waals surface area contributed by atoms with Gasteiger partial charge in [-0.3, -0.25) is 4.79 Å². The van der Waals surface area contributed by atoms with E-state index in [1.54, 1.807) is 0 Å². The lowest BCUT2D eigenvalue weighted by Gasteiger charge is -2.37. The molecule has 1 fully saturated rings. The molecule has 0 aliphatic heterocycles. The van der Waals surface area contributed by atoms with Gasteiger partial charge in [-0.25, -0.2) is 0 Å². The van der Waals surface area contributed by atoms with E-state index in [0.29, 0.717) is 5.82 Å². The number of fused-ring (bicyclic) bond motifs is 1. The zero-order valence-corrected chi connectivity index (χ0v) is 16.7. The smallest absolute Gasteiger partial charge is 0.263 e. The van der Waals surface area contributed by atoms with Gasteiger partial charge in [0.25, 0.3) is 5.91 Å². The van der Waals surface area contributed by atoms with Crippen molar-refractivity contribution >= 4 is 5.91 Å². The topological polar surface area (TPSA) is 89.3 Å². The Morgan fingerprint density at radius 2 is 2.04 bits per heavy atom. The summed E-state index contributed by atoms with van der Waals surface area (Å²) >= 11 is 0. The van der Waals surface area contributed by atoms with E-state index in [0.717, 1.165) is 37.3 Å². The quantitative estimate of drug-likeness (QED) is 0.795. The molecule has 150 valence electrons. The Bertz CT molecular complexity index is 884. The van der Waals surface area contributed by atoms with Crippen LogP contribution in [-0.2, 0) is 31.3 Å². The largest absolute Gasteiger partial charge is 0.478 e. The summed E-state index contributed by atoms with van der Waals surface area (Å²) in [7, 11) is 1.86. The fraction of sp³-hybridized carbons (Fsp3) is 0.571. The number of hydrogen-bond acceptors (Lipinski definition) is 5. The Labute approximate surface area is 165 Å². The lowest BCUT2D eigenvalue weighted by atomic mass is 9.79. The van der Waals surface area contributed by atoms with E-state index in [1.165, 1.54) is 17.5 Å². The molecule has 28 heavy (non-hydrogen) atoms. The molecule has 2 N–H and O–H groups in total. The standard InChI is InChI=1S/C21H28N4O3/c1-21(2,28-17-8-7-13-5-4-6-14(13)11-17)20(27)22-16-9-15(10-16)19-24-23-18(12-26)25(19)3/h7-8,11,15-16,26H,4-6,9-10,12H2,1-3H3,(H,22,27). The molecular formula is C21H28N4O3. The number of carbonyl (C=O) groups excluding carboxylic acids is 1. The zero-order valence-electron chi connectivity index (χ0n) is 16.7. The molecule has 7 heteroatoms. The summed E-state index contributed by atoms with van der Waals surface area (Å²) in [4.78, 5) is 12.8. The number of nitrogens with zero attached hydrogens (tertiary/aromatic N) is 3. The van der Waals surface area contributed by atoms with Gasteiger partial charge in [0, 0.05) is 19.0 Å². The number of aliphatic hydroxyl groups is 1. The number of aromatic nitrogens is 3. The van der Waals surface area contributed by atoms with Crippen molar-refractivity contribution in [1.29, 1.82) is 0 Å². The van der Waals surface area contributed by atoms with Gasteiger partial charge < -0.3 is 19.7 Å². The van der Waals surface area contributed by atoms with Crippen molar-refractivity contribution in [1.82, 2.24) is 20.1 Å². The van der Waals surface area contributed by atoms with Crippen LogP contribution in [0.3, 0.4) is 0 Å². The third-order valence-corrected chi connectivity index (χ3v) is 5.97. The van der Waals surface area contributed by atoms with Gasteiger partial charge in [0.2, 0.25) is 0 Å². The van der Waals surface area contributed by atoms with Crippen LogP contribution in [0.1, 0.15) is 61.8 Å². The van der Waals surface area contributed by atoms with Gasteiger partial charge in [0.05, 0.1) is 0 Å². The lowest BCUT2D eigenvalue weighted by molar-refractivity contribution is -0.135. The molecule has 1 heterocycles. The van der Waals surface area contributed by atoms with E-state index >= 15 is 0 Å². The van der Waals surface area contributed by atoms with E-state index in [1.807, 2.05) is 31.5 Å². The minimum atomic E-state index is -0.938. The summed E-state index contributed by atoms with van der Waals surface area (Å²) in [6.07, 6.45) is 5.04. The van der Waals surface area contributed by atoms with Gasteiger partial charge in [-0.15, -0.1) is 10.2 Å². The Morgan fingerprint density at radius 1 is 1.29 bits per heavy atom. The minimum Gasteiger partial charge on any atom is -0.478 e. The first-order valence-corrected chi connectivity index (χ1v) is 9.98. The van der Waals surface area contributed by atoms with Crippen molar-refractivity contribution in [3.8, 4) is 5.75 Å². The minimum absolute atomic E-state index is 0.106. The Morgan fingerprint density at radius 3 is 2.75 bits per heavy atom. The maximum atomic E-state index is 12.8. The van der Waals surface area contributed by atoms with Crippen LogP contribution in [0.25, 0.3) is 0 Å². The molecule has 1 aromatic carbocycles. The number of aliphatic hydroxyl groups excluding tert-OH is 1. The predicted octanol–water partition coefficient (Wildman–Crippen LogP) is 2.02. The molecule has 4 rings (SSSR count). The number of rotatable bonds is 6. The Kier molecular flexibility index (Phi) is 4.87. The van der Waals surface area contributed by atoms with Crippen LogP contribution in [0, 0.1) is 0 Å². The van der Waals surface area contributed by atoms with E-state index in [2.05, 4.69) is 27.6 Å². The third-order valence-electron chi connectivity index (χ3n) is 5.97. The molecule has 1 saturated carbocycles. The third kappa shape index (κ3) is 3.51. The fourth-order valence-corrected chi connectivity index (χ4v) is 4.13. The fourth-order valence-electron chi connectivity index (χ4n) is 4.13. The van der Waals surface area contributed by atoms with Crippen molar-refractivity contribution in [3.63, 3.8) is 0 Å². The second-order valence-corrected chi connectivity index (χ2v) is 8.43. The SMILES string of the molecule is Cn1c(CO)nnc1C1CC(NC(=O)C(C)(C)Oc2ccc3c(c2)CCC3)C1. The monoisotopic (exact) mass is 384 g/mol. The first-order valence-electron chi connectivity index (χ1n) is 9.98. The first-order chi connectivity index (χ1) is 13.4. The first kappa shape index (κ1) is 18.9. The summed E-state index contributed by atoms with van der Waals surface area (Å²) in [6.45, 7) is 3.49. The summed E-state index contributed by atoms with van der Waals surface area (Å²) in [5.74, 6) is 2.33. The Balaban J connectivity index is 1.32. The van der Waals surface area contributed by atoms with Crippen molar-refractivity contribution in [2.24, 2.45) is 7.05 Å². The molecule has 0 saturated heterocycles. The van der Waals surface area contributed by atoms with Gasteiger partial charge in [-0.1, -0.05) is 6.07 Å². The van der Waals surface area contributed by atoms with Gasteiger partial charge in [0.15, 0.2) is 11.4 Å². The summed E-state index contributed by atoms with van der Waals surface area (Å²) in [6, 6.07) is 6.26. The average Bonchev–Trinajstić information content (AvgIpc) is 3.23. The maximum Gasteiger partial charge on any atom is 0.263 e. The molecule has 0 unspecified atom stereocenters. The van der Waals surface area contributed by atoms with Crippen LogP contribution in [-0.4, -0.2) is 37.4 Å². The molecule has 1 aromatic heterocycles. The number of nitrogens with one attached hydrogen (secondary N) is 1. The highest BCUT2D eigenvalue weighted by atomic mass is 16.5. The van der Waals surface area contributed by atoms with Crippen LogP contribution < -0.4 is 10.1 Å². The molecule has 2 aromatic rings. The average molecular weight is 384 g/mol. The summed E-state index contributed by atoms with van der Waals surface area (Å²) in [5.41, 5.74) is 1.79. The van der Waals surface area contributed by atoms with Crippen molar-refractivity contribution in [2.45, 2.75) is 70.1 Å². The van der Waals surface area contributed by atoms with Crippen molar-refractivity contribution in [3.05, 3.63) is 41.0 Å². The molecule has 1 amide bonds. The molecule has 2 aliphatic carbocycles. The molecule has 7 nitrogen and oxygen atoms in total. The highest BCUT2D eigenvalue weighted by Gasteiger charge is 2.38. The van der Waals surface area contributed by atoms with Crippen LogP contribution in [0.4, 0.5) is 0 Å². The number of amides is 1. The number of benzene rings is 1. The number of ether oxygens (including phenoxy) is 1. The highest BCUT2D eigenvalue weighted by molar-refractivity contribution is 5.85. The van der Waals surface area contributed by atoms with Crippen LogP contribution in [0.15, 0.2) is 18.2 Å². The van der Waals surface area contributed by atoms with Crippen LogP contribution in [0.2, 0.25) is 0 Å². The van der Waals surface area contributed by atoms with Crippen LogP contribution >= 0.6 is 0 Å². The predicted molar refractivity (Wildman–Crippen MR) is 104 cm³/mol. The van der Waals surface area contributed by atoms with E-state index in [-0.39, 0.29) is 24.5 Å². The lowest BCUT2D eigenvalue weighted by Crippen LogP contribution is -2.53. The van der Waals surface area contributed by atoms with Gasteiger partial charge in [-0.2, -0.15) is 0 Å². The molecular weight excluding hydrogens is 356 g/mol. The van der Waals surface area contributed by atoms with Crippen LogP contribution in [0.5, 0.6) is 5.75 Å². The molecule has 0 atom stereocenters. The number of hydrogen-bond donors (Lipinski definition) is 2. The summed E-state index contributed by atoms with van der Waals surface area (Å²) < 4.78 is 7.88. The number of aryl methyl sites for hydroxylation is 2. The molecule has 2 aliphatic rings. The molecule has 0 bridgehead atoms. The van der Waals surface area contributed by atoms with Crippen molar-refractivity contribution in [2.75, 3.05) is 0 Å². The second kappa shape index (κ2) is 7.20. The van der Waals surface area contributed by atoms with E-state index in [9.17, 15) is 9.90 Å². The second-order valence-electron chi connectivity index (χ2n) is 8.43. The summed E-state index contributed by atoms with van der Waals surface area (Å²) in [5, 5.41) is 20.5. The van der Waals surface area contributed by atoms with Gasteiger partial charge in [-0.05, 0) is 69.2 Å². The van der Waals surface area contributed by atoms with E-state index in [4.69, 9.17) is 4.74 Å². The zero-order chi connectivity index (χ0) is 19.9. The molecule has 0 spiro atoms. The number of carbonyl (C=O) groups is 1. The normalized spacial score (nSPS) is 21.1. The van der Waals surface area contributed by atoms with E-state index < -0.39 is 5.60 Å². The van der Waals surface area contributed by atoms with Crippen molar-refractivity contribution < 1.29 is 14.6 Å². The molecule has 0 radical (unpaired) electrons. The highest BCUT2D eigenvalue weighted by Crippen LogP contribution is 2.36. The Hall–Kier alpha value is -2.41. The maximum absolute atomic E-state index is 12.8.